The van der Waals surface area contributed by atoms with Crippen molar-refractivity contribution in [3.63, 3.8) is 0 Å². The molecule has 0 radical (unpaired) electrons. The average Bonchev–Trinajstić information content (AvgIpc) is 2.82. The number of nitrogens with zero attached hydrogens (tertiary/aromatic N) is 2. The lowest BCUT2D eigenvalue weighted by molar-refractivity contribution is -0.130. The van der Waals surface area contributed by atoms with Gasteiger partial charge in [-0.2, -0.15) is 0 Å². The Morgan fingerprint density at radius 2 is 2.20 bits per heavy atom. The molecule has 108 valence electrons. The molecular weight excluding hydrogens is 250 g/mol. The molecule has 1 amide bonds. The number of rotatable bonds is 3. The topological polar surface area (TPSA) is 49.6 Å². The molecule has 4 heteroatoms. The summed E-state index contributed by atoms with van der Waals surface area (Å²) in [5, 5.41) is 0. The van der Waals surface area contributed by atoms with Crippen LogP contribution in [-0.4, -0.2) is 41.4 Å². The molecule has 1 aromatic rings. The zero-order valence-electron chi connectivity index (χ0n) is 12.1. The molecule has 0 aromatic heterocycles. The Hall–Kier alpha value is -1.39. The van der Waals surface area contributed by atoms with E-state index in [-0.39, 0.29) is 0 Å². The molecule has 0 spiro atoms. The largest absolute Gasteiger partial charge is 0.337 e. The fourth-order valence-corrected chi connectivity index (χ4v) is 3.38. The second-order valence-electron chi connectivity index (χ2n) is 5.98. The molecule has 2 aliphatic rings. The summed E-state index contributed by atoms with van der Waals surface area (Å²) >= 11 is 0. The van der Waals surface area contributed by atoms with E-state index < -0.39 is 0 Å². The highest BCUT2D eigenvalue weighted by molar-refractivity contribution is 5.78. The summed E-state index contributed by atoms with van der Waals surface area (Å²) < 4.78 is 0. The summed E-state index contributed by atoms with van der Waals surface area (Å²) in [4.78, 5) is 16.2. The van der Waals surface area contributed by atoms with Crippen molar-refractivity contribution < 1.29 is 4.79 Å². The van der Waals surface area contributed by atoms with Gasteiger partial charge in [0.1, 0.15) is 0 Å². The number of hydrogen-bond donors (Lipinski definition) is 1. The Morgan fingerprint density at radius 3 is 2.95 bits per heavy atom. The van der Waals surface area contributed by atoms with Crippen LogP contribution in [0.4, 0.5) is 0 Å². The smallest absolute Gasteiger partial charge is 0.222 e. The van der Waals surface area contributed by atoms with Crippen LogP contribution in [0.1, 0.15) is 29.5 Å². The number of piperazine rings is 1. The maximum absolute atomic E-state index is 11.7. The summed E-state index contributed by atoms with van der Waals surface area (Å²) in [7, 11) is 0. The van der Waals surface area contributed by atoms with Crippen LogP contribution in [0.3, 0.4) is 0 Å². The number of nitrogens with two attached hydrogens (primary N) is 1. The molecule has 3 rings (SSSR count). The van der Waals surface area contributed by atoms with Gasteiger partial charge in [0.25, 0.3) is 0 Å². The van der Waals surface area contributed by atoms with Gasteiger partial charge in [0.2, 0.25) is 5.91 Å². The summed E-state index contributed by atoms with van der Waals surface area (Å²) in [5.74, 6) is 0.345. The van der Waals surface area contributed by atoms with E-state index in [1.165, 1.54) is 16.7 Å². The normalized spacial score (nSPS) is 23.2. The van der Waals surface area contributed by atoms with Crippen LogP contribution in [0.5, 0.6) is 0 Å². The highest BCUT2D eigenvalue weighted by atomic mass is 16.2. The number of carbonyl (C=O) groups is 1. The van der Waals surface area contributed by atoms with Crippen molar-refractivity contribution in [3.8, 4) is 0 Å². The van der Waals surface area contributed by atoms with E-state index in [0.29, 0.717) is 18.5 Å². The van der Waals surface area contributed by atoms with E-state index >= 15 is 0 Å². The predicted octanol–water partition coefficient (Wildman–Crippen LogP) is 1.26. The number of aryl methyl sites for hydroxylation is 1. The third-order valence-electron chi connectivity index (χ3n) is 4.62. The molecule has 1 unspecified atom stereocenters. The van der Waals surface area contributed by atoms with Gasteiger partial charge >= 0.3 is 0 Å². The average molecular weight is 273 g/mol. The summed E-state index contributed by atoms with van der Waals surface area (Å²) in [5.41, 5.74) is 9.56. The summed E-state index contributed by atoms with van der Waals surface area (Å²) in [6, 6.07) is 6.95. The van der Waals surface area contributed by atoms with E-state index in [0.717, 1.165) is 39.0 Å². The highest BCUT2D eigenvalue weighted by Gasteiger charge is 2.35. The Balaban J connectivity index is 1.65. The van der Waals surface area contributed by atoms with E-state index in [2.05, 4.69) is 34.9 Å². The van der Waals surface area contributed by atoms with Crippen molar-refractivity contribution in [2.45, 2.75) is 38.9 Å². The number of carbonyl (C=O) groups excluding carboxylic acids is 1. The van der Waals surface area contributed by atoms with Gasteiger partial charge in [-0.05, 0) is 30.0 Å². The second-order valence-corrected chi connectivity index (χ2v) is 5.98. The van der Waals surface area contributed by atoms with E-state index in [9.17, 15) is 4.79 Å². The third kappa shape index (κ3) is 2.58. The first-order chi connectivity index (χ1) is 9.67. The molecule has 2 heterocycles. The van der Waals surface area contributed by atoms with Crippen LogP contribution in [0, 0.1) is 6.92 Å². The van der Waals surface area contributed by atoms with E-state index in [1.807, 2.05) is 0 Å². The highest BCUT2D eigenvalue weighted by Crippen LogP contribution is 2.24. The van der Waals surface area contributed by atoms with Gasteiger partial charge < -0.3 is 10.6 Å². The lowest BCUT2D eigenvalue weighted by Gasteiger charge is -2.37. The fraction of sp³-hybridized carbons (Fsp3) is 0.562. The van der Waals surface area contributed by atoms with Crippen molar-refractivity contribution in [3.05, 3.63) is 34.9 Å². The van der Waals surface area contributed by atoms with Crippen LogP contribution in [-0.2, 0) is 17.9 Å². The molecule has 0 saturated carbocycles. The predicted molar refractivity (Wildman–Crippen MR) is 79.1 cm³/mol. The standard InChI is InChI=1S/C16H23N3O/c1-12-8-13(9-17)2-3-14(12)10-18-6-7-19-15(11-18)4-5-16(19)20/h2-3,8,15H,4-7,9-11,17H2,1H3. The van der Waals surface area contributed by atoms with Crippen molar-refractivity contribution in [2.24, 2.45) is 5.73 Å². The minimum absolute atomic E-state index is 0.345. The van der Waals surface area contributed by atoms with Crippen molar-refractivity contribution in [2.75, 3.05) is 19.6 Å². The molecule has 2 fully saturated rings. The Bertz CT molecular complexity index is 514. The molecular formula is C16H23N3O. The van der Waals surface area contributed by atoms with Crippen LogP contribution >= 0.6 is 0 Å². The maximum atomic E-state index is 11.7. The monoisotopic (exact) mass is 273 g/mol. The quantitative estimate of drug-likeness (QED) is 0.902. The summed E-state index contributed by atoms with van der Waals surface area (Å²) in [6.45, 7) is 6.64. The van der Waals surface area contributed by atoms with Gasteiger partial charge in [-0.25, -0.2) is 0 Å². The zero-order chi connectivity index (χ0) is 14.1. The van der Waals surface area contributed by atoms with Gasteiger partial charge in [0.05, 0.1) is 0 Å². The van der Waals surface area contributed by atoms with Crippen LogP contribution in [0.25, 0.3) is 0 Å². The SMILES string of the molecule is Cc1cc(CN)ccc1CN1CCN2C(=O)CCC2C1. The number of hydrogen-bond acceptors (Lipinski definition) is 3. The minimum atomic E-state index is 0.345. The van der Waals surface area contributed by atoms with Gasteiger partial charge in [0.15, 0.2) is 0 Å². The molecule has 2 N–H and O–H groups in total. The van der Waals surface area contributed by atoms with Gasteiger partial charge in [-0.1, -0.05) is 18.2 Å². The Morgan fingerprint density at radius 1 is 1.35 bits per heavy atom. The molecule has 4 nitrogen and oxygen atoms in total. The van der Waals surface area contributed by atoms with E-state index in [4.69, 9.17) is 5.73 Å². The molecule has 2 aliphatic heterocycles. The second kappa shape index (κ2) is 5.54. The fourth-order valence-electron chi connectivity index (χ4n) is 3.38. The Labute approximate surface area is 120 Å². The van der Waals surface area contributed by atoms with Crippen molar-refractivity contribution >= 4 is 5.91 Å². The van der Waals surface area contributed by atoms with Crippen molar-refractivity contribution in [1.82, 2.24) is 9.80 Å². The first-order valence-corrected chi connectivity index (χ1v) is 7.47. The summed E-state index contributed by atoms with van der Waals surface area (Å²) in [6.07, 6.45) is 1.77. The Kier molecular flexibility index (Phi) is 3.76. The molecule has 0 aliphatic carbocycles. The minimum Gasteiger partial charge on any atom is -0.337 e. The third-order valence-corrected chi connectivity index (χ3v) is 4.62. The molecule has 20 heavy (non-hydrogen) atoms. The van der Waals surface area contributed by atoms with Crippen LogP contribution < -0.4 is 5.73 Å². The number of fused-ring (bicyclic) bond motifs is 1. The lowest BCUT2D eigenvalue weighted by Crippen LogP contribution is -2.51. The first-order valence-electron chi connectivity index (χ1n) is 7.47. The zero-order valence-corrected chi connectivity index (χ0v) is 12.1. The maximum Gasteiger partial charge on any atom is 0.222 e. The number of amides is 1. The lowest BCUT2D eigenvalue weighted by atomic mass is 10.0. The first kappa shape index (κ1) is 13.6. The van der Waals surface area contributed by atoms with Crippen LogP contribution in [0.15, 0.2) is 18.2 Å². The van der Waals surface area contributed by atoms with Gasteiger partial charge in [-0.3, -0.25) is 9.69 Å². The van der Waals surface area contributed by atoms with Crippen molar-refractivity contribution in [1.29, 1.82) is 0 Å². The molecule has 2 saturated heterocycles. The number of benzene rings is 1. The van der Waals surface area contributed by atoms with E-state index in [1.54, 1.807) is 0 Å². The molecule has 0 bridgehead atoms. The molecule has 1 atom stereocenters. The van der Waals surface area contributed by atoms with Gasteiger partial charge in [0, 0.05) is 45.2 Å². The molecule has 1 aromatic carbocycles. The van der Waals surface area contributed by atoms with Gasteiger partial charge in [-0.15, -0.1) is 0 Å². The van der Waals surface area contributed by atoms with Crippen LogP contribution in [0.2, 0.25) is 0 Å².